The van der Waals surface area contributed by atoms with Crippen molar-refractivity contribution in [1.82, 2.24) is 5.32 Å². The number of benzene rings is 1. The molecule has 0 aromatic heterocycles. The van der Waals surface area contributed by atoms with Crippen LogP contribution in [0.25, 0.3) is 0 Å². The monoisotopic (exact) mass is 266 g/mol. The van der Waals surface area contributed by atoms with Gasteiger partial charge >= 0.3 is 0 Å². The highest BCUT2D eigenvalue weighted by Crippen LogP contribution is 2.26. The minimum absolute atomic E-state index is 0.305. The molecule has 1 saturated heterocycles. The van der Waals surface area contributed by atoms with Gasteiger partial charge in [0.2, 0.25) is 0 Å². The summed E-state index contributed by atoms with van der Waals surface area (Å²) in [6.45, 7) is 6.32. The molecule has 0 saturated carbocycles. The van der Waals surface area contributed by atoms with Crippen LogP contribution in [0.5, 0.6) is 5.75 Å². The number of ether oxygens (including phenoxy) is 1. The van der Waals surface area contributed by atoms with E-state index in [2.05, 4.69) is 24.1 Å². The number of nitrogens with one attached hydrogen (secondary N) is 1. The van der Waals surface area contributed by atoms with Crippen molar-refractivity contribution in [2.45, 2.75) is 38.8 Å². The fraction of sp³-hybridized carbons (Fsp3) is 0.600. The van der Waals surface area contributed by atoms with E-state index in [-0.39, 0.29) is 5.82 Å². The highest BCUT2D eigenvalue weighted by molar-refractivity contribution is 5.51. The van der Waals surface area contributed by atoms with Crippen LogP contribution in [0, 0.1) is 5.82 Å². The average Bonchev–Trinajstić information content (AvgIpc) is 2.39. The quantitative estimate of drug-likeness (QED) is 0.907. The predicted molar refractivity (Wildman–Crippen MR) is 76.5 cm³/mol. The Kier molecular flexibility index (Phi) is 4.64. The largest absolute Gasteiger partial charge is 0.494 e. The van der Waals surface area contributed by atoms with Crippen molar-refractivity contribution in [3.63, 3.8) is 0 Å². The number of anilines is 1. The molecule has 2 rings (SSSR count). The molecule has 1 fully saturated rings. The Morgan fingerprint density at radius 1 is 1.42 bits per heavy atom. The minimum atomic E-state index is -0.305. The smallest absolute Gasteiger partial charge is 0.165 e. The van der Waals surface area contributed by atoms with E-state index < -0.39 is 0 Å². The summed E-state index contributed by atoms with van der Waals surface area (Å²) in [6, 6.07) is 6.09. The van der Waals surface area contributed by atoms with E-state index in [1.165, 1.54) is 19.6 Å². The van der Waals surface area contributed by atoms with E-state index in [0.717, 1.165) is 25.2 Å². The van der Waals surface area contributed by atoms with Crippen LogP contribution < -0.4 is 15.0 Å². The van der Waals surface area contributed by atoms with Crippen LogP contribution in [0.4, 0.5) is 10.1 Å². The Labute approximate surface area is 114 Å². The Morgan fingerprint density at radius 3 is 2.89 bits per heavy atom. The summed E-state index contributed by atoms with van der Waals surface area (Å²) in [5, 5.41) is 3.57. The molecule has 0 amide bonds. The summed E-state index contributed by atoms with van der Waals surface area (Å²) in [7, 11) is 1.50. The number of nitrogens with zero attached hydrogens (tertiary/aromatic N) is 1. The van der Waals surface area contributed by atoms with Gasteiger partial charge in [0.15, 0.2) is 11.6 Å². The number of rotatable bonds is 4. The lowest BCUT2D eigenvalue weighted by molar-refractivity contribution is 0.383. The normalized spacial score (nSPS) is 19.8. The van der Waals surface area contributed by atoms with Gasteiger partial charge in [0.25, 0.3) is 0 Å². The van der Waals surface area contributed by atoms with Crippen molar-refractivity contribution in [2.75, 3.05) is 25.1 Å². The molecule has 0 radical (unpaired) electrons. The highest BCUT2D eigenvalue weighted by atomic mass is 19.1. The van der Waals surface area contributed by atoms with Crippen molar-refractivity contribution in [3.8, 4) is 5.75 Å². The van der Waals surface area contributed by atoms with Crippen molar-refractivity contribution < 1.29 is 9.13 Å². The summed E-state index contributed by atoms with van der Waals surface area (Å²) in [5.74, 6) is 0.0107. The van der Waals surface area contributed by atoms with Crippen LogP contribution in [0.2, 0.25) is 0 Å². The first-order chi connectivity index (χ1) is 9.10. The van der Waals surface area contributed by atoms with Gasteiger partial charge in [0.1, 0.15) is 0 Å². The Balaban J connectivity index is 2.08. The molecule has 1 heterocycles. The van der Waals surface area contributed by atoms with E-state index in [4.69, 9.17) is 4.74 Å². The maximum absolute atomic E-state index is 13.4. The molecule has 1 aliphatic rings. The standard InChI is InChI=1S/C15H23FN2O/c1-11(2)17-12-5-4-8-18(10-12)13-6-7-14(16)15(9-13)19-3/h6-7,9,11-12,17H,4-5,8,10H2,1-3H3. The molecule has 4 heteroatoms. The predicted octanol–water partition coefficient (Wildman–Crippen LogP) is 2.80. The zero-order valence-corrected chi connectivity index (χ0v) is 11.9. The third-order valence-electron chi connectivity index (χ3n) is 3.49. The van der Waals surface area contributed by atoms with Crippen LogP contribution in [-0.2, 0) is 0 Å². The van der Waals surface area contributed by atoms with Gasteiger partial charge in [-0.3, -0.25) is 0 Å². The minimum Gasteiger partial charge on any atom is -0.494 e. The molecule has 1 aliphatic heterocycles. The van der Waals surface area contributed by atoms with Crippen LogP contribution >= 0.6 is 0 Å². The van der Waals surface area contributed by atoms with Gasteiger partial charge in [-0.1, -0.05) is 13.8 Å². The van der Waals surface area contributed by atoms with Crippen molar-refractivity contribution in [1.29, 1.82) is 0 Å². The molecule has 1 aromatic rings. The van der Waals surface area contributed by atoms with Crippen LogP contribution in [0.15, 0.2) is 18.2 Å². The van der Waals surface area contributed by atoms with Gasteiger partial charge in [-0.2, -0.15) is 0 Å². The third kappa shape index (κ3) is 3.60. The third-order valence-corrected chi connectivity index (χ3v) is 3.49. The molecule has 19 heavy (non-hydrogen) atoms. The molecule has 106 valence electrons. The number of halogens is 1. The maximum atomic E-state index is 13.4. The summed E-state index contributed by atoms with van der Waals surface area (Å²) in [5.41, 5.74) is 1.04. The fourth-order valence-electron chi connectivity index (χ4n) is 2.66. The second kappa shape index (κ2) is 6.24. The van der Waals surface area contributed by atoms with Crippen LogP contribution in [-0.4, -0.2) is 32.3 Å². The van der Waals surface area contributed by atoms with E-state index >= 15 is 0 Å². The van der Waals surface area contributed by atoms with E-state index in [0.29, 0.717) is 17.8 Å². The van der Waals surface area contributed by atoms with Gasteiger partial charge in [0.05, 0.1) is 7.11 Å². The molecule has 3 nitrogen and oxygen atoms in total. The second-order valence-electron chi connectivity index (χ2n) is 5.43. The zero-order chi connectivity index (χ0) is 13.8. The molecule has 0 bridgehead atoms. The van der Waals surface area contributed by atoms with Gasteiger partial charge in [-0.15, -0.1) is 0 Å². The molecule has 1 N–H and O–H groups in total. The summed E-state index contributed by atoms with van der Waals surface area (Å²) >= 11 is 0. The number of piperidine rings is 1. The lowest BCUT2D eigenvalue weighted by Crippen LogP contribution is -2.47. The molecule has 0 spiro atoms. The number of methoxy groups -OCH3 is 1. The summed E-state index contributed by atoms with van der Waals surface area (Å²) < 4.78 is 18.5. The van der Waals surface area contributed by atoms with Gasteiger partial charge in [0, 0.05) is 36.9 Å². The summed E-state index contributed by atoms with van der Waals surface area (Å²) in [6.07, 6.45) is 2.36. The van der Waals surface area contributed by atoms with Gasteiger partial charge in [-0.05, 0) is 25.0 Å². The SMILES string of the molecule is COc1cc(N2CCCC(NC(C)C)C2)ccc1F. The Bertz CT molecular complexity index is 423. The Morgan fingerprint density at radius 2 is 2.21 bits per heavy atom. The second-order valence-corrected chi connectivity index (χ2v) is 5.43. The zero-order valence-electron chi connectivity index (χ0n) is 11.9. The first-order valence-electron chi connectivity index (χ1n) is 6.94. The Hall–Kier alpha value is -1.29. The van der Waals surface area contributed by atoms with E-state index in [9.17, 15) is 4.39 Å². The lowest BCUT2D eigenvalue weighted by Gasteiger charge is -2.36. The fourth-order valence-corrected chi connectivity index (χ4v) is 2.66. The van der Waals surface area contributed by atoms with Crippen LogP contribution in [0.3, 0.4) is 0 Å². The molecular formula is C15H23FN2O. The van der Waals surface area contributed by atoms with Crippen LogP contribution in [0.1, 0.15) is 26.7 Å². The topological polar surface area (TPSA) is 24.5 Å². The maximum Gasteiger partial charge on any atom is 0.165 e. The lowest BCUT2D eigenvalue weighted by atomic mass is 10.0. The summed E-state index contributed by atoms with van der Waals surface area (Å²) in [4.78, 5) is 2.30. The first kappa shape index (κ1) is 14.1. The average molecular weight is 266 g/mol. The molecule has 1 aromatic carbocycles. The molecule has 0 aliphatic carbocycles. The van der Waals surface area contributed by atoms with E-state index in [1.807, 2.05) is 6.07 Å². The van der Waals surface area contributed by atoms with Gasteiger partial charge < -0.3 is 15.0 Å². The van der Waals surface area contributed by atoms with Gasteiger partial charge in [-0.25, -0.2) is 4.39 Å². The van der Waals surface area contributed by atoms with Crippen molar-refractivity contribution in [2.24, 2.45) is 0 Å². The van der Waals surface area contributed by atoms with E-state index in [1.54, 1.807) is 6.07 Å². The van der Waals surface area contributed by atoms with Crippen molar-refractivity contribution >= 4 is 5.69 Å². The number of hydrogen-bond acceptors (Lipinski definition) is 3. The number of hydrogen-bond donors (Lipinski definition) is 1. The van der Waals surface area contributed by atoms with Crippen molar-refractivity contribution in [3.05, 3.63) is 24.0 Å². The molecule has 1 unspecified atom stereocenters. The molecule has 1 atom stereocenters. The molecular weight excluding hydrogens is 243 g/mol. The highest BCUT2D eigenvalue weighted by Gasteiger charge is 2.21. The first-order valence-corrected chi connectivity index (χ1v) is 6.94.